The van der Waals surface area contributed by atoms with Gasteiger partial charge in [0, 0.05) is 0 Å². The number of aromatic nitrogens is 2. The van der Waals surface area contributed by atoms with Crippen LogP contribution in [0.5, 0.6) is 0 Å². The monoisotopic (exact) mass is 303 g/mol. The van der Waals surface area contributed by atoms with Gasteiger partial charge in [0.25, 0.3) is 0 Å². The first-order valence-electron chi connectivity index (χ1n) is 4.98. The van der Waals surface area contributed by atoms with Crippen molar-refractivity contribution in [3.63, 3.8) is 0 Å². The molecule has 0 amide bonds. The lowest BCUT2D eigenvalue weighted by atomic mass is 9.99. The van der Waals surface area contributed by atoms with E-state index in [1.54, 1.807) is 4.90 Å². The van der Waals surface area contributed by atoms with Gasteiger partial charge in [0.15, 0.2) is 11.5 Å². The Labute approximate surface area is 106 Å². The summed E-state index contributed by atoms with van der Waals surface area (Å²) in [4.78, 5) is 21.1. The summed E-state index contributed by atoms with van der Waals surface area (Å²) < 4.78 is 18.3. The summed E-state index contributed by atoms with van der Waals surface area (Å²) in [6.07, 6.45) is 1.32. The molecular formula is C10H11BrFN3O2. The Morgan fingerprint density at radius 3 is 2.76 bits per heavy atom. The molecular weight excluding hydrogens is 293 g/mol. The predicted octanol–water partition coefficient (Wildman–Crippen LogP) is 1.57. The number of methoxy groups -OCH3 is 1. The van der Waals surface area contributed by atoms with Crippen molar-refractivity contribution in [2.75, 3.05) is 25.1 Å². The zero-order valence-electron chi connectivity index (χ0n) is 9.41. The van der Waals surface area contributed by atoms with Crippen molar-refractivity contribution in [2.45, 2.75) is 12.6 Å². The van der Waals surface area contributed by atoms with Crippen molar-refractivity contribution in [1.29, 1.82) is 0 Å². The Bertz CT molecular complexity index is 459. The first-order chi connectivity index (χ1) is 7.93. The number of hydrogen-bond donors (Lipinski definition) is 0. The van der Waals surface area contributed by atoms with E-state index in [0.717, 1.165) is 0 Å². The quantitative estimate of drug-likeness (QED) is 0.776. The third kappa shape index (κ3) is 2.38. The van der Waals surface area contributed by atoms with Crippen LogP contribution < -0.4 is 4.90 Å². The second kappa shape index (κ2) is 4.21. The highest BCUT2D eigenvalue weighted by Crippen LogP contribution is 2.32. The number of carbonyl (C=O) groups excluding carboxylic acids is 1. The van der Waals surface area contributed by atoms with Crippen molar-refractivity contribution in [3.05, 3.63) is 16.5 Å². The van der Waals surface area contributed by atoms with Crippen LogP contribution in [0.15, 0.2) is 10.8 Å². The standard InChI is InChI=1S/C10H11BrFN3O2/c1-10(12)4-15(5-10)8-7(11)14-6(3-13-8)9(16)17-2/h3H,4-5H2,1-2H3. The first-order valence-corrected chi connectivity index (χ1v) is 5.77. The summed E-state index contributed by atoms with van der Waals surface area (Å²) in [6, 6.07) is 0. The molecule has 0 radical (unpaired) electrons. The predicted molar refractivity (Wildman–Crippen MR) is 62.8 cm³/mol. The number of nitrogens with zero attached hydrogens (tertiary/aromatic N) is 3. The topological polar surface area (TPSA) is 55.3 Å². The maximum absolute atomic E-state index is 13.4. The van der Waals surface area contributed by atoms with Crippen LogP contribution in [0.25, 0.3) is 0 Å². The zero-order valence-corrected chi connectivity index (χ0v) is 11.0. The van der Waals surface area contributed by atoms with Gasteiger partial charge >= 0.3 is 5.97 Å². The van der Waals surface area contributed by atoms with Gasteiger partial charge in [-0.3, -0.25) is 0 Å². The fraction of sp³-hybridized carbons (Fsp3) is 0.500. The van der Waals surface area contributed by atoms with Crippen molar-refractivity contribution in [1.82, 2.24) is 9.97 Å². The van der Waals surface area contributed by atoms with E-state index in [2.05, 4.69) is 30.6 Å². The average molecular weight is 304 g/mol. The van der Waals surface area contributed by atoms with Gasteiger partial charge in [0.1, 0.15) is 10.3 Å². The molecule has 0 saturated carbocycles. The molecule has 0 N–H and O–H groups in total. The van der Waals surface area contributed by atoms with Gasteiger partial charge in [0.05, 0.1) is 26.4 Å². The number of carbonyl (C=O) groups is 1. The molecule has 1 saturated heterocycles. The summed E-state index contributed by atoms with van der Waals surface area (Å²) in [5.41, 5.74) is -1.06. The van der Waals surface area contributed by atoms with E-state index in [-0.39, 0.29) is 18.8 Å². The number of esters is 1. The van der Waals surface area contributed by atoms with Gasteiger partial charge in [-0.25, -0.2) is 19.2 Å². The minimum Gasteiger partial charge on any atom is -0.464 e. The lowest BCUT2D eigenvalue weighted by molar-refractivity contribution is 0.0593. The van der Waals surface area contributed by atoms with Crippen LogP contribution in [0.4, 0.5) is 10.2 Å². The molecule has 5 nitrogen and oxygen atoms in total. The zero-order chi connectivity index (χ0) is 12.6. The van der Waals surface area contributed by atoms with Crippen LogP contribution in [0.1, 0.15) is 17.4 Å². The fourth-order valence-corrected chi connectivity index (χ4v) is 2.22. The molecule has 0 unspecified atom stereocenters. The van der Waals surface area contributed by atoms with Crippen molar-refractivity contribution < 1.29 is 13.9 Å². The van der Waals surface area contributed by atoms with Gasteiger partial charge in [0.2, 0.25) is 0 Å². The number of alkyl halides is 1. The third-order valence-electron chi connectivity index (χ3n) is 2.45. The summed E-state index contributed by atoms with van der Waals surface area (Å²) in [5.74, 6) is -0.0172. The molecule has 0 aliphatic carbocycles. The molecule has 2 heterocycles. The summed E-state index contributed by atoms with van der Waals surface area (Å²) in [7, 11) is 1.27. The minimum atomic E-state index is -1.18. The van der Waals surface area contributed by atoms with Crippen molar-refractivity contribution in [2.24, 2.45) is 0 Å². The Balaban J connectivity index is 2.19. The maximum atomic E-state index is 13.4. The average Bonchev–Trinajstić information content (AvgIpc) is 2.24. The van der Waals surface area contributed by atoms with Crippen LogP contribution >= 0.6 is 15.9 Å². The van der Waals surface area contributed by atoms with Crippen LogP contribution in [0, 0.1) is 0 Å². The molecule has 1 aromatic heterocycles. The van der Waals surface area contributed by atoms with Gasteiger partial charge in [-0.15, -0.1) is 0 Å². The highest BCUT2D eigenvalue weighted by molar-refractivity contribution is 9.10. The fourth-order valence-electron chi connectivity index (χ4n) is 1.67. The van der Waals surface area contributed by atoms with E-state index < -0.39 is 11.6 Å². The Morgan fingerprint density at radius 1 is 1.65 bits per heavy atom. The van der Waals surface area contributed by atoms with Crippen LogP contribution in [-0.2, 0) is 4.74 Å². The Morgan fingerprint density at radius 2 is 2.29 bits per heavy atom. The Hall–Kier alpha value is -1.24. The molecule has 0 bridgehead atoms. The highest BCUT2D eigenvalue weighted by atomic mass is 79.9. The summed E-state index contributed by atoms with van der Waals surface area (Å²) in [6.45, 7) is 2.09. The molecule has 1 fully saturated rings. The van der Waals surface area contributed by atoms with E-state index in [4.69, 9.17) is 0 Å². The van der Waals surface area contributed by atoms with E-state index in [1.165, 1.54) is 20.2 Å². The van der Waals surface area contributed by atoms with E-state index >= 15 is 0 Å². The first kappa shape index (κ1) is 12.2. The molecule has 92 valence electrons. The van der Waals surface area contributed by atoms with Gasteiger partial charge < -0.3 is 9.64 Å². The number of hydrogen-bond acceptors (Lipinski definition) is 5. The van der Waals surface area contributed by atoms with Gasteiger partial charge in [-0.2, -0.15) is 0 Å². The molecule has 1 aromatic rings. The largest absolute Gasteiger partial charge is 0.464 e. The number of halogens is 2. The highest BCUT2D eigenvalue weighted by Gasteiger charge is 2.40. The van der Waals surface area contributed by atoms with Gasteiger partial charge in [-0.05, 0) is 22.9 Å². The van der Waals surface area contributed by atoms with E-state index in [0.29, 0.717) is 10.4 Å². The van der Waals surface area contributed by atoms with Gasteiger partial charge in [-0.1, -0.05) is 0 Å². The number of rotatable bonds is 2. The maximum Gasteiger partial charge on any atom is 0.358 e. The normalized spacial score (nSPS) is 17.5. The minimum absolute atomic E-state index is 0.117. The van der Waals surface area contributed by atoms with Crippen LogP contribution in [0.3, 0.4) is 0 Å². The lowest BCUT2D eigenvalue weighted by Crippen LogP contribution is -2.57. The second-order valence-corrected chi connectivity index (χ2v) is 4.88. The molecule has 0 aromatic carbocycles. The van der Waals surface area contributed by atoms with E-state index in [1.807, 2.05) is 0 Å². The van der Waals surface area contributed by atoms with E-state index in [9.17, 15) is 9.18 Å². The number of ether oxygens (including phenoxy) is 1. The van der Waals surface area contributed by atoms with Crippen LogP contribution in [0.2, 0.25) is 0 Å². The third-order valence-corrected chi connectivity index (χ3v) is 2.98. The van der Waals surface area contributed by atoms with Crippen molar-refractivity contribution >= 4 is 27.7 Å². The molecule has 2 rings (SSSR count). The van der Waals surface area contributed by atoms with Crippen molar-refractivity contribution in [3.8, 4) is 0 Å². The molecule has 1 aliphatic heterocycles. The Kier molecular flexibility index (Phi) is 3.03. The SMILES string of the molecule is COC(=O)c1cnc(N2CC(C)(F)C2)c(Br)n1. The second-order valence-electron chi connectivity index (χ2n) is 4.13. The number of anilines is 1. The molecule has 0 spiro atoms. The van der Waals surface area contributed by atoms with Crippen LogP contribution in [-0.4, -0.2) is 41.8 Å². The molecule has 1 aliphatic rings. The molecule has 17 heavy (non-hydrogen) atoms. The lowest BCUT2D eigenvalue weighted by Gasteiger charge is -2.43. The smallest absolute Gasteiger partial charge is 0.358 e. The molecule has 7 heteroatoms. The molecule has 0 atom stereocenters. The summed E-state index contributed by atoms with van der Waals surface area (Å²) >= 11 is 3.21. The summed E-state index contributed by atoms with van der Waals surface area (Å²) in [5, 5.41) is 0.